The van der Waals surface area contributed by atoms with Gasteiger partial charge in [0.05, 0.1) is 24.7 Å². The molecule has 0 aliphatic carbocycles. The summed E-state index contributed by atoms with van der Waals surface area (Å²) in [5.74, 6) is 0.673. The van der Waals surface area contributed by atoms with E-state index in [4.69, 9.17) is 14.2 Å². The largest absolute Gasteiger partial charge is 0.496 e. The highest BCUT2D eigenvalue weighted by molar-refractivity contribution is 7.89. The van der Waals surface area contributed by atoms with Crippen LogP contribution in [0.4, 0.5) is 0 Å². The first-order chi connectivity index (χ1) is 11.0. The van der Waals surface area contributed by atoms with Crippen LogP contribution in [-0.2, 0) is 19.5 Å². The predicted octanol–water partition coefficient (Wildman–Crippen LogP) is 1.87. The van der Waals surface area contributed by atoms with Gasteiger partial charge >= 0.3 is 0 Å². The molecule has 0 bridgehead atoms. The average Bonchev–Trinajstić information content (AvgIpc) is 3.04. The van der Waals surface area contributed by atoms with Crippen LogP contribution < -0.4 is 9.46 Å². The summed E-state index contributed by atoms with van der Waals surface area (Å²) >= 11 is 0. The van der Waals surface area contributed by atoms with Gasteiger partial charge in [0.25, 0.3) is 0 Å². The zero-order valence-electron chi connectivity index (χ0n) is 13.7. The molecule has 1 N–H and O–H groups in total. The molecule has 130 valence electrons. The van der Waals surface area contributed by atoms with Crippen molar-refractivity contribution in [1.82, 2.24) is 4.72 Å². The van der Waals surface area contributed by atoms with E-state index in [0.717, 1.165) is 25.0 Å². The summed E-state index contributed by atoms with van der Waals surface area (Å²) in [6, 6.07) is 4.81. The molecular weight excluding hydrogens is 318 g/mol. The van der Waals surface area contributed by atoms with Crippen molar-refractivity contribution in [3.05, 3.63) is 23.8 Å². The third-order valence-corrected chi connectivity index (χ3v) is 5.22. The third-order valence-electron chi connectivity index (χ3n) is 3.76. The fraction of sp³-hybridized carbons (Fsp3) is 0.625. The standard InChI is InChI=1S/C16H25NO5S/c1-13-11-15(6-7-16(13)20-2)23(18,19)17-8-4-9-21-12-14-5-3-10-22-14/h6-7,11,14,17H,3-5,8-10,12H2,1-2H3/t14-/m1/s1. The van der Waals surface area contributed by atoms with Gasteiger partial charge in [0.2, 0.25) is 10.0 Å². The van der Waals surface area contributed by atoms with Gasteiger partial charge in [0, 0.05) is 19.8 Å². The molecule has 0 aromatic heterocycles. The molecular formula is C16H25NO5S. The molecule has 0 spiro atoms. The van der Waals surface area contributed by atoms with E-state index in [0.29, 0.717) is 31.9 Å². The molecule has 0 amide bonds. The molecule has 6 nitrogen and oxygen atoms in total. The molecule has 1 saturated heterocycles. The fourth-order valence-corrected chi connectivity index (χ4v) is 3.63. The molecule has 1 aromatic carbocycles. The normalized spacial score (nSPS) is 18.3. The minimum Gasteiger partial charge on any atom is -0.496 e. The van der Waals surface area contributed by atoms with Gasteiger partial charge in [-0.15, -0.1) is 0 Å². The maximum Gasteiger partial charge on any atom is 0.240 e. The van der Waals surface area contributed by atoms with Crippen LogP contribution in [-0.4, -0.2) is 48.0 Å². The number of hydrogen-bond acceptors (Lipinski definition) is 5. The summed E-state index contributed by atoms with van der Waals surface area (Å²) in [6.07, 6.45) is 2.97. The number of rotatable bonds is 9. The van der Waals surface area contributed by atoms with Gasteiger partial charge < -0.3 is 14.2 Å². The van der Waals surface area contributed by atoms with Crippen LogP contribution in [0.25, 0.3) is 0 Å². The lowest BCUT2D eigenvalue weighted by Crippen LogP contribution is -2.26. The Morgan fingerprint density at radius 2 is 2.22 bits per heavy atom. The van der Waals surface area contributed by atoms with Crippen molar-refractivity contribution in [3.8, 4) is 5.75 Å². The smallest absolute Gasteiger partial charge is 0.240 e. The van der Waals surface area contributed by atoms with Crippen LogP contribution in [0.5, 0.6) is 5.75 Å². The number of hydrogen-bond donors (Lipinski definition) is 1. The van der Waals surface area contributed by atoms with Crippen molar-refractivity contribution in [2.24, 2.45) is 0 Å². The first-order valence-corrected chi connectivity index (χ1v) is 9.35. The summed E-state index contributed by atoms with van der Waals surface area (Å²) in [7, 11) is -1.94. The third kappa shape index (κ3) is 5.46. The van der Waals surface area contributed by atoms with Gasteiger partial charge in [-0.05, 0) is 49.9 Å². The quantitative estimate of drug-likeness (QED) is 0.693. The molecule has 1 aliphatic rings. The van der Waals surface area contributed by atoms with Crippen molar-refractivity contribution in [1.29, 1.82) is 0 Å². The van der Waals surface area contributed by atoms with E-state index in [9.17, 15) is 8.42 Å². The number of benzene rings is 1. The first kappa shape index (κ1) is 18.2. The maximum absolute atomic E-state index is 12.2. The fourth-order valence-electron chi connectivity index (χ4n) is 2.47. The summed E-state index contributed by atoms with van der Waals surface area (Å²) in [6.45, 7) is 4.08. The molecule has 0 saturated carbocycles. The van der Waals surface area contributed by atoms with Gasteiger partial charge in [-0.25, -0.2) is 13.1 Å². The molecule has 0 radical (unpaired) electrons. The lowest BCUT2D eigenvalue weighted by molar-refractivity contribution is 0.0169. The zero-order chi connectivity index (χ0) is 16.7. The maximum atomic E-state index is 12.2. The number of methoxy groups -OCH3 is 1. The van der Waals surface area contributed by atoms with Crippen LogP contribution in [0.1, 0.15) is 24.8 Å². The molecule has 1 aliphatic heterocycles. The Kier molecular flexibility index (Phi) is 6.83. The van der Waals surface area contributed by atoms with Gasteiger partial charge in [0.1, 0.15) is 5.75 Å². The van der Waals surface area contributed by atoms with E-state index >= 15 is 0 Å². The van der Waals surface area contributed by atoms with E-state index in [1.165, 1.54) is 0 Å². The second-order valence-corrected chi connectivity index (χ2v) is 7.36. The Morgan fingerprint density at radius 3 is 2.87 bits per heavy atom. The van der Waals surface area contributed by atoms with Gasteiger partial charge in [-0.3, -0.25) is 0 Å². The van der Waals surface area contributed by atoms with E-state index in [-0.39, 0.29) is 11.0 Å². The Hall–Kier alpha value is -1.15. The van der Waals surface area contributed by atoms with Crippen LogP contribution >= 0.6 is 0 Å². The molecule has 1 fully saturated rings. The first-order valence-electron chi connectivity index (χ1n) is 7.86. The number of nitrogens with one attached hydrogen (secondary N) is 1. The topological polar surface area (TPSA) is 73.9 Å². The average molecular weight is 343 g/mol. The van der Waals surface area contributed by atoms with E-state index in [1.54, 1.807) is 25.3 Å². The summed E-state index contributed by atoms with van der Waals surface area (Å²) < 4.78 is 43.1. The van der Waals surface area contributed by atoms with Crippen LogP contribution in [0.15, 0.2) is 23.1 Å². The van der Waals surface area contributed by atoms with Crippen molar-refractivity contribution < 1.29 is 22.6 Å². The van der Waals surface area contributed by atoms with Crippen molar-refractivity contribution in [2.45, 2.75) is 37.2 Å². The highest BCUT2D eigenvalue weighted by Crippen LogP contribution is 2.21. The van der Waals surface area contributed by atoms with Crippen LogP contribution in [0, 0.1) is 6.92 Å². The number of aryl methyl sites for hydroxylation is 1. The summed E-state index contributed by atoms with van der Waals surface area (Å²) in [5.41, 5.74) is 0.787. The van der Waals surface area contributed by atoms with E-state index < -0.39 is 10.0 Å². The number of sulfonamides is 1. The molecule has 1 aromatic rings. The predicted molar refractivity (Wildman–Crippen MR) is 87.3 cm³/mol. The second kappa shape index (κ2) is 8.63. The summed E-state index contributed by atoms with van der Waals surface area (Å²) in [4.78, 5) is 0.246. The monoisotopic (exact) mass is 343 g/mol. The Balaban J connectivity index is 1.72. The number of ether oxygens (including phenoxy) is 3. The highest BCUT2D eigenvalue weighted by Gasteiger charge is 2.16. The second-order valence-electron chi connectivity index (χ2n) is 5.59. The Morgan fingerprint density at radius 1 is 1.39 bits per heavy atom. The molecule has 1 heterocycles. The van der Waals surface area contributed by atoms with Crippen LogP contribution in [0.2, 0.25) is 0 Å². The van der Waals surface area contributed by atoms with Crippen molar-refractivity contribution in [2.75, 3.05) is 33.5 Å². The van der Waals surface area contributed by atoms with E-state index in [1.807, 2.05) is 6.92 Å². The molecule has 1 atom stereocenters. The van der Waals surface area contributed by atoms with Crippen LogP contribution in [0.3, 0.4) is 0 Å². The molecule has 0 unspecified atom stereocenters. The lowest BCUT2D eigenvalue weighted by Gasteiger charge is -2.11. The summed E-state index contributed by atoms with van der Waals surface area (Å²) in [5, 5.41) is 0. The zero-order valence-corrected chi connectivity index (χ0v) is 14.5. The highest BCUT2D eigenvalue weighted by atomic mass is 32.2. The Bertz CT molecular complexity index is 596. The van der Waals surface area contributed by atoms with Crippen molar-refractivity contribution >= 4 is 10.0 Å². The van der Waals surface area contributed by atoms with Gasteiger partial charge in [-0.1, -0.05) is 0 Å². The van der Waals surface area contributed by atoms with Gasteiger partial charge in [0.15, 0.2) is 0 Å². The molecule has 2 rings (SSSR count). The lowest BCUT2D eigenvalue weighted by atomic mass is 10.2. The minimum atomic E-state index is -3.50. The molecule has 23 heavy (non-hydrogen) atoms. The minimum absolute atomic E-state index is 0.203. The SMILES string of the molecule is COc1ccc(S(=O)(=O)NCCCOC[C@H]2CCCO2)cc1C. The van der Waals surface area contributed by atoms with Gasteiger partial charge in [-0.2, -0.15) is 0 Å². The Labute approximate surface area is 138 Å². The van der Waals surface area contributed by atoms with E-state index in [2.05, 4.69) is 4.72 Å². The van der Waals surface area contributed by atoms with Crippen molar-refractivity contribution in [3.63, 3.8) is 0 Å². The molecule has 7 heteroatoms.